The molecule has 0 bridgehead atoms. The molecule has 13 heavy (non-hydrogen) atoms. The second-order valence-electron chi connectivity index (χ2n) is 2.41. The summed E-state index contributed by atoms with van der Waals surface area (Å²) in [5.74, 6) is 0.0531. The molecule has 0 saturated carbocycles. The lowest BCUT2D eigenvalue weighted by atomic mass is 10.3. The molecule has 1 amide bonds. The summed E-state index contributed by atoms with van der Waals surface area (Å²) in [5, 5.41) is 0. The van der Waals surface area contributed by atoms with Crippen molar-refractivity contribution in [2.45, 2.75) is 6.42 Å². The number of nitrogens with two attached hydrogens (primary N) is 1. The molecule has 0 atom stereocenters. The minimum Gasteiger partial charge on any atom is -0.335 e. The third-order valence-corrected chi connectivity index (χ3v) is 1.41. The highest BCUT2D eigenvalue weighted by atomic mass is 35.5. The molecule has 0 aliphatic heterocycles. The molecule has 0 saturated heterocycles. The quantitative estimate of drug-likeness (QED) is 0.656. The normalized spacial score (nSPS) is 8.38. The third kappa shape index (κ3) is 6.37. The van der Waals surface area contributed by atoms with E-state index in [2.05, 4.69) is 13.2 Å². The molecule has 0 aliphatic carbocycles. The highest BCUT2D eigenvalue weighted by Crippen LogP contribution is 1.93. The van der Waals surface area contributed by atoms with Crippen LogP contribution in [0.25, 0.3) is 0 Å². The summed E-state index contributed by atoms with van der Waals surface area (Å²) in [5.41, 5.74) is 5.26. The maximum Gasteiger partial charge on any atom is 0.224 e. The van der Waals surface area contributed by atoms with Gasteiger partial charge in [-0.1, -0.05) is 12.2 Å². The molecule has 0 rings (SSSR count). The van der Waals surface area contributed by atoms with Crippen LogP contribution < -0.4 is 5.73 Å². The Bertz CT molecular complexity index is 161. The number of carbonyl (C=O) groups excluding carboxylic acids is 1. The lowest BCUT2D eigenvalue weighted by molar-refractivity contribution is -0.129. The Labute approximate surface area is 85.7 Å². The fraction of sp³-hybridized carbons (Fsp3) is 0.444. The van der Waals surface area contributed by atoms with Crippen LogP contribution in [0.3, 0.4) is 0 Å². The topological polar surface area (TPSA) is 46.3 Å². The first-order valence-electron chi connectivity index (χ1n) is 3.95. The fourth-order valence-corrected chi connectivity index (χ4v) is 0.871. The van der Waals surface area contributed by atoms with Crippen molar-refractivity contribution >= 4 is 18.3 Å². The summed E-state index contributed by atoms with van der Waals surface area (Å²) in [6.07, 6.45) is 3.78. The SMILES string of the molecule is C=CCN(CC=C)C(=O)CCN.Cl. The van der Waals surface area contributed by atoms with Gasteiger partial charge in [-0.2, -0.15) is 0 Å². The molecule has 0 unspecified atom stereocenters. The molecule has 0 aromatic rings. The van der Waals surface area contributed by atoms with E-state index < -0.39 is 0 Å². The predicted octanol–water partition coefficient (Wildman–Crippen LogP) is 0.958. The molecule has 76 valence electrons. The lowest BCUT2D eigenvalue weighted by Crippen LogP contribution is -2.32. The number of carbonyl (C=O) groups is 1. The number of rotatable bonds is 6. The molecule has 3 nitrogen and oxygen atoms in total. The average molecular weight is 205 g/mol. The second kappa shape index (κ2) is 9.29. The Morgan fingerprint density at radius 3 is 2.08 bits per heavy atom. The minimum atomic E-state index is 0. The molecule has 0 aliphatic rings. The molecule has 0 fully saturated rings. The van der Waals surface area contributed by atoms with Crippen LogP contribution in [0.5, 0.6) is 0 Å². The largest absolute Gasteiger partial charge is 0.335 e. The molecule has 2 N–H and O–H groups in total. The van der Waals surface area contributed by atoms with Gasteiger partial charge in [-0.15, -0.1) is 25.6 Å². The summed E-state index contributed by atoms with van der Waals surface area (Å²) in [6.45, 7) is 8.64. The zero-order chi connectivity index (χ0) is 9.40. The van der Waals surface area contributed by atoms with Crippen molar-refractivity contribution in [2.75, 3.05) is 19.6 Å². The van der Waals surface area contributed by atoms with Crippen molar-refractivity contribution in [1.29, 1.82) is 0 Å². The van der Waals surface area contributed by atoms with Gasteiger partial charge in [0.25, 0.3) is 0 Å². The number of halogens is 1. The molecule has 0 aromatic heterocycles. The van der Waals surface area contributed by atoms with Crippen molar-refractivity contribution in [3.05, 3.63) is 25.3 Å². The first-order valence-corrected chi connectivity index (χ1v) is 3.95. The monoisotopic (exact) mass is 204 g/mol. The van der Waals surface area contributed by atoms with Gasteiger partial charge >= 0.3 is 0 Å². The predicted molar refractivity (Wildman–Crippen MR) is 57.9 cm³/mol. The van der Waals surface area contributed by atoms with Crippen LogP contribution in [0.15, 0.2) is 25.3 Å². The van der Waals surface area contributed by atoms with Gasteiger partial charge < -0.3 is 10.6 Å². The zero-order valence-corrected chi connectivity index (χ0v) is 8.55. The number of hydrogen-bond acceptors (Lipinski definition) is 2. The second-order valence-corrected chi connectivity index (χ2v) is 2.41. The molecule has 4 heteroatoms. The van der Waals surface area contributed by atoms with Gasteiger partial charge in [-0.05, 0) is 0 Å². The lowest BCUT2D eigenvalue weighted by Gasteiger charge is -2.18. The van der Waals surface area contributed by atoms with Crippen LogP contribution in [0, 0.1) is 0 Å². The Morgan fingerprint density at radius 2 is 1.77 bits per heavy atom. The Hall–Kier alpha value is -0.800. The van der Waals surface area contributed by atoms with E-state index in [0.29, 0.717) is 26.1 Å². The van der Waals surface area contributed by atoms with E-state index in [1.54, 1.807) is 17.1 Å². The van der Waals surface area contributed by atoms with Crippen molar-refractivity contribution in [3.63, 3.8) is 0 Å². The number of hydrogen-bond donors (Lipinski definition) is 1. The number of nitrogens with zero attached hydrogens (tertiary/aromatic N) is 1. The van der Waals surface area contributed by atoms with E-state index in [1.807, 2.05) is 0 Å². The van der Waals surface area contributed by atoms with Crippen molar-refractivity contribution < 1.29 is 4.79 Å². The summed E-state index contributed by atoms with van der Waals surface area (Å²) in [4.78, 5) is 12.9. The highest BCUT2D eigenvalue weighted by molar-refractivity contribution is 5.85. The third-order valence-electron chi connectivity index (χ3n) is 1.41. The van der Waals surface area contributed by atoms with E-state index in [-0.39, 0.29) is 18.3 Å². The van der Waals surface area contributed by atoms with Gasteiger partial charge in [0.2, 0.25) is 5.91 Å². The van der Waals surface area contributed by atoms with Gasteiger partial charge in [0, 0.05) is 26.1 Å². The van der Waals surface area contributed by atoms with Crippen LogP contribution >= 0.6 is 12.4 Å². The Morgan fingerprint density at radius 1 is 1.31 bits per heavy atom. The smallest absolute Gasteiger partial charge is 0.224 e. The van der Waals surface area contributed by atoms with Crippen LogP contribution in [-0.2, 0) is 4.79 Å². The van der Waals surface area contributed by atoms with Crippen LogP contribution in [0.1, 0.15) is 6.42 Å². The molecule has 0 heterocycles. The Balaban J connectivity index is 0. The summed E-state index contributed by atoms with van der Waals surface area (Å²) < 4.78 is 0. The van der Waals surface area contributed by atoms with E-state index in [9.17, 15) is 4.79 Å². The summed E-state index contributed by atoms with van der Waals surface area (Å²) in [7, 11) is 0. The number of amides is 1. The van der Waals surface area contributed by atoms with Gasteiger partial charge in [-0.3, -0.25) is 4.79 Å². The summed E-state index contributed by atoms with van der Waals surface area (Å²) >= 11 is 0. The van der Waals surface area contributed by atoms with Gasteiger partial charge in [0.1, 0.15) is 0 Å². The standard InChI is InChI=1S/C9H16N2O.ClH/c1-3-7-11(8-4-2)9(12)5-6-10;/h3-4H,1-2,5-8,10H2;1H. The van der Waals surface area contributed by atoms with E-state index >= 15 is 0 Å². The summed E-state index contributed by atoms with van der Waals surface area (Å²) in [6, 6.07) is 0. The molecule has 0 spiro atoms. The van der Waals surface area contributed by atoms with Crippen LogP contribution in [-0.4, -0.2) is 30.4 Å². The molecule has 0 radical (unpaired) electrons. The zero-order valence-electron chi connectivity index (χ0n) is 7.74. The van der Waals surface area contributed by atoms with Crippen LogP contribution in [0.2, 0.25) is 0 Å². The first-order chi connectivity index (χ1) is 5.76. The molecular formula is C9H17ClN2O. The first kappa shape index (κ1) is 14.7. The van der Waals surface area contributed by atoms with Crippen molar-refractivity contribution in [1.82, 2.24) is 4.90 Å². The van der Waals surface area contributed by atoms with Gasteiger partial charge in [-0.25, -0.2) is 0 Å². The minimum absolute atomic E-state index is 0. The van der Waals surface area contributed by atoms with Gasteiger partial charge in [0.05, 0.1) is 0 Å². The van der Waals surface area contributed by atoms with E-state index in [0.717, 1.165) is 0 Å². The average Bonchev–Trinajstić information content (AvgIpc) is 2.04. The van der Waals surface area contributed by atoms with Crippen molar-refractivity contribution in [2.24, 2.45) is 5.73 Å². The van der Waals surface area contributed by atoms with Gasteiger partial charge in [0.15, 0.2) is 0 Å². The molecule has 0 aromatic carbocycles. The fourth-order valence-electron chi connectivity index (χ4n) is 0.871. The van der Waals surface area contributed by atoms with Crippen LogP contribution in [0.4, 0.5) is 0 Å². The molecular weight excluding hydrogens is 188 g/mol. The highest BCUT2D eigenvalue weighted by Gasteiger charge is 2.07. The van der Waals surface area contributed by atoms with E-state index in [1.165, 1.54) is 0 Å². The maximum absolute atomic E-state index is 11.3. The van der Waals surface area contributed by atoms with E-state index in [4.69, 9.17) is 5.73 Å². The Kier molecular flexibility index (Phi) is 10.5. The van der Waals surface area contributed by atoms with Crippen molar-refractivity contribution in [3.8, 4) is 0 Å². The maximum atomic E-state index is 11.3.